The Balaban J connectivity index is 2.17. The summed E-state index contributed by atoms with van der Waals surface area (Å²) in [4.78, 5) is 41.0. The number of aryl methyl sites for hydroxylation is 1. The number of fused-ring (bicyclic) bond motifs is 1. The van der Waals surface area contributed by atoms with Gasteiger partial charge in [0.15, 0.2) is 0 Å². The second-order valence-electron chi connectivity index (χ2n) is 9.52. The van der Waals surface area contributed by atoms with Crippen LogP contribution in [0.2, 0.25) is 10.0 Å². The van der Waals surface area contributed by atoms with E-state index in [1.807, 2.05) is 25.1 Å². The summed E-state index contributed by atoms with van der Waals surface area (Å²) in [5, 5.41) is 10.9. The predicted molar refractivity (Wildman–Crippen MR) is 140 cm³/mol. The van der Waals surface area contributed by atoms with E-state index in [0.717, 1.165) is 48.7 Å². The van der Waals surface area contributed by atoms with Crippen LogP contribution in [0.25, 0.3) is 0 Å². The van der Waals surface area contributed by atoms with Crippen LogP contribution in [-0.4, -0.2) is 46.2 Å². The molecule has 3 N–H and O–H groups in total. The first-order valence-corrected chi connectivity index (χ1v) is 12.6. The number of carbonyl (C=O) groups is 3. The number of halogens is 2. The summed E-state index contributed by atoms with van der Waals surface area (Å²) in [6.07, 6.45) is 4.49. The Bertz CT molecular complexity index is 1260. The van der Waals surface area contributed by atoms with Gasteiger partial charge in [-0.25, -0.2) is 4.79 Å². The molecule has 1 saturated heterocycles. The number of aldehydes is 1. The number of amides is 1. The van der Waals surface area contributed by atoms with E-state index in [9.17, 15) is 19.5 Å². The molecule has 9 heteroatoms. The van der Waals surface area contributed by atoms with Crippen molar-refractivity contribution in [3.63, 3.8) is 0 Å². The summed E-state index contributed by atoms with van der Waals surface area (Å²) in [5.41, 5.74) is 6.70. The van der Waals surface area contributed by atoms with Crippen molar-refractivity contribution in [2.24, 2.45) is 0 Å². The Kier molecular flexibility index (Phi) is 7.19. The van der Waals surface area contributed by atoms with E-state index < -0.39 is 28.7 Å². The summed E-state index contributed by atoms with van der Waals surface area (Å²) in [6.45, 7) is 4.68. The van der Waals surface area contributed by atoms with Gasteiger partial charge in [-0.3, -0.25) is 19.4 Å². The van der Waals surface area contributed by atoms with Crippen molar-refractivity contribution in [2.75, 3.05) is 18.8 Å². The minimum Gasteiger partial charge on any atom is -0.477 e. The van der Waals surface area contributed by atoms with Gasteiger partial charge in [0.1, 0.15) is 12.0 Å². The van der Waals surface area contributed by atoms with Crippen molar-refractivity contribution in [1.29, 1.82) is 0 Å². The van der Waals surface area contributed by atoms with Crippen molar-refractivity contribution >= 4 is 47.1 Å². The van der Waals surface area contributed by atoms with Gasteiger partial charge in [-0.05, 0) is 86.7 Å². The molecule has 1 heterocycles. The molecule has 190 valence electrons. The molecule has 0 aromatic heterocycles. The molecular formula is C27H29Cl2N3O4. The highest BCUT2D eigenvalue weighted by molar-refractivity contribution is 6.42. The third kappa shape index (κ3) is 3.99. The molecule has 2 aromatic rings. The van der Waals surface area contributed by atoms with Crippen LogP contribution in [0.4, 0.5) is 5.69 Å². The minimum absolute atomic E-state index is 0.365. The number of carboxylic acid groups (broad SMARTS) is 1. The molecule has 2 atom stereocenters. The van der Waals surface area contributed by atoms with Gasteiger partial charge in [-0.15, -0.1) is 0 Å². The fraction of sp³-hybridized carbons (Fsp3) is 0.370. The van der Waals surface area contributed by atoms with E-state index in [1.54, 1.807) is 18.2 Å². The average molecular weight is 530 g/mol. The number of anilines is 1. The van der Waals surface area contributed by atoms with Crippen molar-refractivity contribution in [3.8, 4) is 0 Å². The summed E-state index contributed by atoms with van der Waals surface area (Å²) in [5.74, 6) is -1.88. The average Bonchev–Trinajstić information content (AvgIpc) is 3.36. The lowest BCUT2D eigenvalue weighted by atomic mass is 9.59. The maximum Gasteiger partial charge on any atom is 0.352 e. The van der Waals surface area contributed by atoms with Gasteiger partial charge < -0.3 is 10.8 Å². The van der Waals surface area contributed by atoms with E-state index in [-0.39, 0.29) is 0 Å². The second kappa shape index (κ2) is 9.88. The first kappa shape index (κ1) is 26.2. The monoisotopic (exact) mass is 529 g/mol. The van der Waals surface area contributed by atoms with Crippen molar-refractivity contribution in [1.82, 2.24) is 9.80 Å². The zero-order valence-corrected chi connectivity index (χ0v) is 21.8. The number of nitrogens with zero attached hydrogens (tertiary/aromatic N) is 2. The number of allylic oxidation sites excluding steroid dienone is 1. The van der Waals surface area contributed by atoms with Crippen LogP contribution >= 0.6 is 23.2 Å². The summed E-state index contributed by atoms with van der Waals surface area (Å²) < 4.78 is 0. The normalized spacial score (nSPS) is 24.3. The molecule has 36 heavy (non-hydrogen) atoms. The number of hydrogen-bond donors (Lipinski definition) is 2. The maximum atomic E-state index is 13.4. The van der Waals surface area contributed by atoms with Crippen molar-refractivity contribution in [2.45, 2.75) is 50.6 Å². The molecule has 7 nitrogen and oxygen atoms in total. The lowest BCUT2D eigenvalue weighted by Crippen LogP contribution is -2.67. The van der Waals surface area contributed by atoms with Crippen LogP contribution in [0.3, 0.4) is 0 Å². The quantitative estimate of drug-likeness (QED) is 0.318. The topological polar surface area (TPSA) is 104 Å². The Morgan fingerprint density at radius 3 is 2.39 bits per heavy atom. The first-order chi connectivity index (χ1) is 17.1. The second-order valence-corrected chi connectivity index (χ2v) is 10.3. The number of nitrogen functional groups attached to an aromatic ring is 1. The van der Waals surface area contributed by atoms with Gasteiger partial charge in [0.2, 0.25) is 5.91 Å². The zero-order valence-electron chi connectivity index (χ0n) is 20.3. The highest BCUT2D eigenvalue weighted by atomic mass is 35.5. The van der Waals surface area contributed by atoms with Gasteiger partial charge in [-0.2, -0.15) is 0 Å². The molecule has 4 rings (SSSR count). The van der Waals surface area contributed by atoms with Gasteiger partial charge in [0.05, 0.1) is 21.1 Å². The molecule has 1 aliphatic carbocycles. The Morgan fingerprint density at radius 1 is 1.11 bits per heavy atom. The van der Waals surface area contributed by atoms with E-state index in [0.29, 0.717) is 34.9 Å². The van der Waals surface area contributed by atoms with Gasteiger partial charge in [-0.1, -0.05) is 35.3 Å². The number of rotatable bonds is 6. The fourth-order valence-electron chi connectivity index (χ4n) is 6.31. The molecule has 0 saturated carbocycles. The standard InChI is InChI=1S/C27H29Cl2N3O4/c1-17(34)32(24(10-14-33)25(35)36)26(2)21-16-20(30)7-5-18(21)9-11-27(26,31-12-3-4-13-31)19-6-8-22(28)23(29)15-19/h5-8,10,14-16H,3-4,9,11-13,30H2,1-2H3,(H,35,36)/b24-10+. The number of carbonyl (C=O) groups excluding carboxylic acids is 2. The third-order valence-electron chi connectivity index (χ3n) is 7.71. The fourth-order valence-corrected chi connectivity index (χ4v) is 6.61. The highest BCUT2D eigenvalue weighted by Crippen LogP contribution is 2.57. The van der Waals surface area contributed by atoms with Crippen LogP contribution in [0.5, 0.6) is 0 Å². The minimum atomic E-state index is -1.38. The molecule has 1 amide bonds. The van der Waals surface area contributed by atoms with Gasteiger partial charge >= 0.3 is 5.97 Å². The lowest BCUT2D eigenvalue weighted by molar-refractivity contribution is -0.151. The SMILES string of the molecule is CC(=O)N(/C(=C/C=O)C(=O)O)C1(C)c2cc(N)ccc2CCC1(c1ccc(Cl)c(Cl)c1)N1CCCC1. The Hall–Kier alpha value is -2.87. The number of nitrogens with two attached hydrogens (primary N) is 1. The predicted octanol–water partition coefficient (Wildman–Crippen LogP) is 4.74. The summed E-state index contributed by atoms with van der Waals surface area (Å²) >= 11 is 12.8. The number of likely N-dealkylation sites (tertiary alicyclic amines) is 1. The van der Waals surface area contributed by atoms with Crippen LogP contribution in [0.15, 0.2) is 48.2 Å². The molecule has 0 radical (unpaired) electrons. The smallest absolute Gasteiger partial charge is 0.352 e. The molecule has 1 aliphatic heterocycles. The van der Waals surface area contributed by atoms with Crippen LogP contribution in [0.1, 0.15) is 49.8 Å². The van der Waals surface area contributed by atoms with E-state index in [1.165, 1.54) is 11.8 Å². The number of hydrogen-bond acceptors (Lipinski definition) is 5. The Morgan fingerprint density at radius 2 is 1.81 bits per heavy atom. The third-order valence-corrected chi connectivity index (χ3v) is 8.45. The molecule has 1 fully saturated rings. The van der Waals surface area contributed by atoms with Crippen molar-refractivity contribution < 1.29 is 19.5 Å². The number of carboxylic acids is 1. The molecule has 2 aromatic carbocycles. The first-order valence-electron chi connectivity index (χ1n) is 11.9. The zero-order chi connectivity index (χ0) is 26.3. The van der Waals surface area contributed by atoms with Crippen LogP contribution in [0, 0.1) is 0 Å². The lowest BCUT2D eigenvalue weighted by Gasteiger charge is -2.61. The van der Waals surface area contributed by atoms with E-state index in [2.05, 4.69) is 4.90 Å². The Labute approximate surface area is 220 Å². The number of aliphatic carboxylic acids is 1. The largest absolute Gasteiger partial charge is 0.477 e. The molecule has 0 spiro atoms. The number of benzene rings is 2. The highest BCUT2D eigenvalue weighted by Gasteiger charge is 2.61. The van der Waals surface area contributed by atoms with E-state index in [4.69, 9.17) is 28.9 Å². The molecule has 0 bridgehead atoms. The van der Waals surface area contributed by atoms with Crippen LogP contribution in [-0.2, 0) is 31.9 Å². The maximum absolute atomic E-state index is 13.4. The molecule has 2 aliphatic rings. The van der Waals surface area contributed by atoms with E-state index >= 15 is 0 Å². The van der Waals surface area contributed by atoms with Gasteiger partial charge in [0.25, 0.3) is 0 Å². The van der Waals surface area contributed by atoms with Crippen molar-refractivity contribution in [3.05, 3.63) is 74.9 Å². The summed E-state index contributed by atoms with van der Waals surface area (Å²) in [7, 11) is 0. The van der Waals surface area contributed by atoms with Crippen LogP contribution < -0.4 is 5.73 Å². The molecule has 2 unspecified atom stereocenters. The molecular weight excluding hydrogens is 501 g/mol. The summed E-state index contributed by atoms with van der Waals surface area (Å²) in [6, 6.07) is 11.0. The van der Waals surface area contributed by atoms with Gasteiger partial charge in [0, 0.05) is 18.7 Å².